The van der Waals surface area contributed by atoms with E-state index in [4.69, 9.17) is 9.47 Å². The van der Waals surface area contributed by atoms with Crippen molar-refractivity contribution < 1.29 is 9.47 Å². The van der Waals surface area contributed by atoms with Gasteiger partial charge in [-0.15, -0.1) is 0 Å². The van der Waals surface area contributed by atoms with Crippen LogP contribution in [0, 0.1) is 0 Å². The minimum absolute atomic E-state index is 0.0912. The Morgan fingerprint density at radius 1 is 1.15 bits per heavy atom. The van der Waals surface area contributed by atoms with Crippen LogP contribution in [0.3, 0.4) is 0 Å². The number of fused-ring (bicyclic) bond motifs is 1. The van der Waals surface area contributed by atoms with E-state index in [-0.39, 0.29) is 6.10 Å². The van der Waals surface area contributed by atoms with Gasteiger partial charge in [-0.25, -0.2) is 0 Å². The molecule has 5 heteroatoms. The largest absolute Gasteiger partial charge is 0.496 e. The van der Waals surface area contributed by atoms with Crippen molar-refractivity contribution in [2.75, 3.05) is 13.7 Å². The Morgan fingerprint density at radius 3 is 2.77 bits per heavy atom. The van der Waals surface area contributed by atoms with E-state index in [0.29, 0.717) is 0 Å². The molecule has 0 radical (unpaired) electrons. The molecule has 0 unspecified atom stereocenters. The summed E-state index contributed by atoms with van der Waals surface area (Å²) in [7, 11) is 3.65. The summed E-state index contributed by atoms with van der Waals surface area (Å²) >= 11 is 0. The number of hydrogen-bond acceptors (Lipinski definition) is 4. The number of methoxy groups -OCH3 is 1. The molecule has 0 amide bonds. The van der Waals surface area contributed by atoms with Crippen molar-refractivity contribution in [3.05, 3.63) is 77.6 Å². The first-order valence-corrected chi connectivity index (χ1v) is 8.80. The lowest BCUT2D eigenvalue weighted by molar-refractivity contribution is 0.141. The standard InChI is InChI=1S/C21H23N3O2/c1-23-12-16(11-22-23)13-24-14-17-7-3-5-9-19(17)26-21(15-24)18-8-4-6-10-20(18)25-2/h3-12,21H,13-15H2,1-2H3/t21-/m1/s1. The van der Waals surface area contributed by atoms with Crippen LogP contribution in [0.5, 0.6) is 11.5 Å². The molecule has 0 fully saturated rings. The molecule has 1 aliphatic heterocycles. The lowest BCUT2D eigenvalue weighted by Gasteiger charge is -2.24. The van der Waals surface area contributed by atoms with E-state index in [1.165, 1.54) is 11.1 Å². The summed E-state index contributed by atoms with van der Waals surface area (Å²) in [4.78, 5) is 2.40. The van der Waals surface area contributed by atoms with E-state index in [1.54, 1.807) is 7.11 Å². The maximum atomic E-state index is 6.42. The fraction of sp³-hybridized carbons (Fsp3) is 0.286. The average Bonchev–Trinajstić information content (AvgIpc) is 2.97. The fourth-order valence-corrected chi connectivity index (χ4v) is 3.51. The lowest BCUT2D eigenvalue weighted by Crippen LogP contribution is -2.28. The van der Waals surface area contributed by atoms with Gasteiger partial charge in [-0.3, -0.25) is 9.58 Å². The molecule has 0 aliphatic carbocycles. The molecule has 134 valence electrons. The van der Waals surface area contributed by atoms with Crippen LogP contribution in [0.1, 0.15) is 22.8 Å². The zero-order valence-electron chi connectivity index (χ0n) is 15.1. The average molecular weight is 349 g/mol. The van der Waals surface area contributed by atoms with Crippen LogP contribution < -0.4 is 9.47 Å². The number of aryl methyl sites for hydroxylation is 1. The van der Waals surface area contributed by atoms with Gasteiger partial charge in [-0.1, -0.05) is 36.4 Å². The van der Waals surface area contributed by atoms with E-state index in [2.05, 4.69) is 34.4 Å². The third-order valence-electron chi connectivity index (χ3n) is 4.71. The summed E-state index contributed by atoms with van der Waals surface area (Å²) in [6.45, 7) is 2.46. The molecule has 3 aromatic rings. The van der Waals surface area contributed by atoms with Crippen molar-refractivity contribution in [1.29, 1.82) is 0 Å². The molecule has 0 N–H and O–H groups in total. The van der Waals surface area contributed by atoms with Crippen LogP contribution in [-0.2, 0) is 20.1 Å². The second-order valence-electron chi connectivity index (χ2n) is 6.65. The smallest absolute Gasteiger partial charge is 0.140 e. The second-order valence-corrected chi connectivity index (χ2v) is 6.65. The maximum absolute atomic E-state index is 6.42. The molecule has 0 bridgehead atoms. The third-order valence-corrected chi connectivity index (χ3v) is 4.71. The number of nitrogens with zero attached hydrogens (tertiary/aromatic N) is 3. The van der Waals surface area contributed by atoms with Crippen molar-refractivity contribution >= 4 is 0 Å². The topological polar surface area (TPSA) is 39.5 Å². The molecular formula is C21H23N3O2. The summed E-state index contributed by atoms with van der Waals surface area (Å²) in [6.07, 6.45) is 3.90. The van der Waals surface area contributed by atoms with Crippen LogP contribution in [0.4, 0.5) is 0 Å². The van der Waals surface area contributed by atoms with Gasteiger partial charge >= 0.3 is 0 Å². The predicted octanol–water partition coefficient (Wildman–Crippen LogP) is 3.56. The summed E-state index contributed by atoms with van der Waals surface area (Å²) in [6, 6.07) is 16.4. The third kappa shape index (κ3) is 3.44. The highest BCUT2D eigenvalue weighted by Crippen LogP contribution is 2.35. The van der Waals surface area contributed by atoms with Crippen molar-refractivity contribution in [2.24, 2.45) is 7.05 Å². The Bertz CT molecular complexity index is 890. The van der Waals surface area contributed by atoms with Gasteiger partial charge < -0.3 is 9.47 Å². The Hall–Kier alpha value is -2.79. The number of ether oxygens (including phenoxy) is 2. The van der Waals surface area contributed by atoms with Gasteiger partial charge in [0.05, 0.1) is 13.3 Å². The van der Waals surface area contributed by atoms with Gasteiger partial charge in [0.25, 0.3) is 0 Å². The van der Waals surface area contributed by atoms with Crippen molar-refractivity contribution in [2.45, 2.75) is 19.2 Å². The second kappa shape index (κ2) is 7.22. The number of hydrogen-bond donors (Lipinski definition) is 0. The molecule has 0 saturated heterocycles. The monoisotopic (exact) mass is 349 g/mol. The first-order chi connectivity index (χ1) is 12.7. The van der Waals surface area contributed by atoms with E-state index < -0.39 is 0 Å². The molecule has 0 spiro atoms. The Balaban J connectivity index is 1.68. The summed E-state index contributed by atoms with van der Waals surface area (Å²) in [5.41, 5.74) is 3.47. The first kappa shape index (κ1) is 16.7. The molecule has 0 saturated carbocycles. The first-order valence-electron chi connectivity index (χ1n) is 8.80. The van der Waals surface area contributed by atoms with Crippen molar-refractivity contribution in [1.82, 2.24) is 14.7 Å². The van der Waals surface area contributed by atoms with Crippen molar-refractivity contribution in [3.8, 4) is 11.5 Å². The molecule has 1 aliphatic rings. The molecular weight excluding hydrogens is 326 g/mol. The SMILES string of the molecule is COc1ccccc1[C@H]1CN(Cc2cnn(C)c2)Cc2ccccc2O1. The highest BCUT2D eigenvalue weighted by atomic mass is 16.5. The van der Waals surface area contributed by atoms with E-state index >= 15 is 0 Å². The molecule has 4 rings (SSSR count). The Labute approximate surface area is 153 Å². The Morgan fingerprint density at radius 2 is 1.96 bits per heavy atom. The summed E-state index contributed by atoms with van der Waals surface area (Å²) in [5.74, 6) is 1.80. The van der Waals surface area contributed by atoms with E-state index in [9.17, 15) is 0 Å². The van der Waals surface area contributed by atoms with Crippen LogP contribution in [0.2, 0.25) is 0 Å². The van der Waals surface area contributed by atoms with Gasteiger partial charge in [-0.05, 0) is 12.1 Å². The maximum Gasteiger partial charge on any atom is 0.140 e. The Kier molecular flexibility index (Phi) is 4.63. The highest BCUT2D eigenvalue weighted by molar-refractivity contribution is 5.39. The van der Waals surface area contributed by atoms with Gasteiger partial charge in [-0.2, -0.15) is 5.10 Å². The summed E-state index contributed by atoms with van der Waals surface area (Å²) < 4.78 is 13.8. The highest BCUT2D eigenvalue weighted by Gasteiger charge is 2.26. The molecule has 2 heterocycles. The minimum atomic E-state index is -0.0912. The normalized spacial score (nSPS) is 17.2. The van der Waals surface area contributed by atoms with Crippen LogP contribution >= 0.6 is 0 Å². The van der Waals surface area contributed by atoms with Gasteiger partial charge in [0.15, 0.2) is 0 Å². The molecule has 26 heavy (non-hydrogen) atoms. The van der Waals surface area contributed by atoms with Gasteiger partial charge in [0.2, 0.25) is 0 Å². The van der Waals surface area contributed by atoms with Crippen LogP contribution in [-0.4, -0.2) is 28.3 Å². The quantitative estimate of drug-likeness (QED) is 0.722. The number of benzene rings is 2. The van der Waals surface area contributed by atoms with Crippen LogP contribution in [0.25, 0.3) is 0 Å². The van der Waals surface area contributed by atoms with Crippen molar-refractivity contribution in [3.63, 3.8) is 0 Å². The van der Waals surface area contributed by atoms with Gasteiger partial charge in [0, 0.05) is 49.6 Å². The molecule has 1 atom stereocenters. The minimum Gasteiger partial charge on any atom is -0.496 e. The predicted molar refractivity (Wildman–Crippen MR) is 100 cm³/mol. The van der Waals surface area contributed by atoms with Gasteiger partial charge in [0.1, 0.15) is 17.6 Å². The molecule has 2 aromatic carbocycles. The number of aromatic nitrogens is 2. The number of rotatable bonds is 4. The summed E-state index contributed by atoms with van der Waals surface area (Å²) in [5, 5.41) is 4.29. The van der Waals surface area contributed by atoms with E-state index in [1.807, 2.05) is 48.3 Å². The number of para-hydroxylation sites is 2. The van der Waals surface area contributed by atoms with Crippen LogP contribution in [0.15, 0.2) is 60.9 Å². The fourth-order valence-electron chi connectivity index (χ4n) is 3.51. The molecule has 5 nitrogen and oxygen atoms in total. The zero-order chi connectivity index (χ0) is 17.9. The van der Waals surface area contributed by atoms with E-state index in [0.717, 1.165) is 36.7 Å². The lowest BCUT2D eigenvalue weighted by atomic mass is 10.1. The molecule has 1 aromatic heterocycles. The zero-order valence-corrected chi connectivity index (χ0v) is 15.1.